The third-order valence-electron chi connectivity index (χ3n) is 4.49. The number of hydrogen-bond acceptors (Lipinski definition) is 3. The predicted molar refractivity (Wildman–Crippen MR) is 83.0 cm³/mol. The molecule has 0 bridgehead atoms. The van der Waals surface area contributed by atoms with Crippen molar-refractivity contribution in [2.45, 2.75) is 38.5 Å². The Morgan fingerprint density at radius 2 is 1.96 bits per heavy atom. The summed E-state index contributed by atoms with van der Waals surface area (Å²) in [5.41, 5.74) is 0.0223. The van der Waals surface area contributed by atoms with E-state index in [0.717, 1.165) is 6.07 Å². The molecule has 4 nitrogen and oxygen atoms in total. The smallest absolute Gasteiger partial charge is 0.311 e. The van der Waals surface area contributed by atoms with Gasteiger partial charge in [-0.2, -0.15) is 0 Å². The van der Waals surface area contributed by atoms with E-state index in [1.54, 1.807) is 13.8 Å². The lowest BCUT2D eigenvalue weighted by atomic mass is 9.78. The molecule has 2 rings (SSSR count). The molecule has 0 aliphatic carbocycles. The SMILES string of the molecule is COc1c(F)cc(C(C)C)c(F)c1[C@@H](C(=O)O)C1CCNCC1. The fourth-order valence-corrected chi connectivity index (χ4v) is 3.29. The van der Waals surface area contributed by atoms with Crippen LogP contribution in [0.15, 0.2) is 6.07 Å². The van der Waals surface area contributed by atoms with E-state index >= 15 is 0 Å². The Kier molecular flexibility index (Phi) is 5.57. The van der Waals surface area contributed by atoms with Gasteiger partial charge in [0.25, 0.3) is 0 Å². The third-order valence-corrected chi connectivity index (χ3v) is 4.49. The number of carboxylic acids is 1. The van der Waals surface area contributed by atoms with E-state index in [2.05, 4.69) is 5.32 Å². The minimum Gasteiger partial charge on any atom is -0.493 e. The van der Waals surface area contributed by atoms with Gasteiger partial charge < -0.3 is 15.2 Å². The second kappa shape index (κ2) is 7.25. The molecule has 1 fully saturated rings. The van der Waals surface area contributed by atoms with Crippen LogP contribution < -0.4 is 10.1 Å². The van der Waals surface area contributed by atoms with Crippen LogP contribution in [0.1, 0.15) is 49.7 Å². The van der Waals surface area contributed by atoms with Crippen molar-refractivity contribution in [3.8, 4) is 5.75 Å². The molecule has 6 heteroatoms. The van der Waals surface area contributed by atoms with Crippen LogP contribution in [0.4, 0.5) is 8.78 Å². The van der Waals surface area contributed by atoms with Gasteiger partial charge in [0, 0.05) is 5.56 Å². The van der Waals surface area contributed by atoms with Gasteiger partial charge in [0.05, 0.1) is 13.0 Å². The van der Waals surface area contributed by atoms with Gasteiger partial charge in [-0.3, -0.25) is 4.79 Å². The van der Waals surface area contributed by atoms with E-state index in [0.29, 0.717) is 25.9 Å². The first-order valence-corrected chi connectivity index (χ1v) is 7.87. The van der Waals surface area contributed by atoms with Gasteiger partial charge in [0.2, 0.25) is 0 Å². The molecule has 128 valence electrons. The van der Waals surface area contributed by atoms with Crippen molar-refractivity contribution in [1.29, 1.82) is 0 Å². The molecular weight excluding hydrogens is 304 g/mol. The Morgan fingerprint density at radius 3 is 2.43 bits per heavy atom. The Balaban J connectivity index is 2.62. The van der Waals surface area contributed by atoms with Crippen molar-refractivity contribution in [2.75, 3.05) is 20.2 Å². The molecular formula is C17H23F2NO3. The van der Waals surface area contributed by atoms with Crippen LogP contribution >= 0.6 is 0 Å². The number of hydrogen-bond donors (Lipinski definition) is 2. The normalized spacial score (nSPS) is 17.3. The highest BCUT2D eigenvalue weighted by Crippen LogP contribution is 2.41. The van der Waals surface area contributed by atoms with E-state index in [-0.39, 0.29) is 28.7 Å². The second-order valence-electron chi connectivity index (χ2n) is 6.27. The summed E-state index contributed by atoms with van der Waals surface area (Å²) in [4.78, 5) is 11.8. The molecule has 1 aromatic carbocycles. The first-order valence-electron chi connectivity index (χ1n) is 7.87. The zero-order chi connectivity index (χ0) is 17.1. The quantitative estimate of drug-likeness (QED) is 0.871. The first-order chi connectivity index (χ1) is 10.9. The molecule has 0 spiro atoms. The molecule has 0 saturated carbocycles. The van der Waals surface area contributed by atoms with Crippen LogP contribution in [0.2, 0.25) is 0 Å². The Labute approximate surface area is 134 Å². The number of piperidine rings is 1. The second-order valence-corrected chi connectivity index (χ2v) is 6.27. The Hall–Kier alpha value is -1.69. The fraction of sp³-hybridized carbons (Fsp3) is 0.588. The number of ether oxygens (including phenoxy) is 1. The van der Waals surface area contributed by atoms with Gasteiger partial charge >= 0.3 is 5.97 Å². The average Bonchev–Trinajstić information content (AvgIpc) is 2.51. The Morgan fingerprint density at radius 1 is 1.35 bits per heavy atom. The van der Waals surface area contributed by atoms with Crippen molar-refractivity contribution in [1.82, 2.24) is 5.32 Å². The molecule has 1 aliphatic heterocycles. The van der Waals surface area contributed by atoms with Crippen molar-refractivity contribution < 1.29 is 23.4 Å². The molecule has 1 aliphatic rings. The number of carbonyl (C=O) groups is 1. The monoisotopic (exact) mass is 327 g/mol. The zero-order valence-electron chi connectivity index (χ0n) is 13.7. The number of halogens is 2. The van der Waals surface area contributed by atoms with Gasteiger partial charge in [-0.15, -0.1) is 0 Å². The van der Waals surface area contributed by atoms with E-state index in [9.17, 15) is 18.7 Å². The molecule has 0 aromatic heterocycles. The van der Waals surface area contributed by atoms with Crippen molar-refractivity contribution in [3.05, 3.63) is 28.8 Å². The molecule has 0 unspecified atom stereocenters. The molecule has 1 saturated heterocycles. The molecule has 1 atom stereocenters. The van der Waals surface area contributed by atoms with E-state index in [1.165, 1.54) is 7.11 Å². The number of aliphatic carboxylic acids is 1. The standard InChI is InChI=1S/C17H23F2NO3/c1-9(2)11-8-12(18)16(23-3)14(15(11)19)13(17(21)22)10-4-6-20-7-5-10/h8-10,13,20H,4-7H2,1-3H3,(H,21,22)/t13-/m0/s1. The van der Waals surface area contributed by atoms with Crippen LogP contribution in [-0.2, 0) is 4.79 Å². The molecule has 1 aromatic rings. The summed E-state index contributed by atoms with van der Waals surface area (Å²) in [6.45, 7) is 4.83. The minimum atomic E-state index is -1.14. The van der Waals surface area contributed by atoms with Gasteiger partial charge in [0.15, 0.2) is 11.6 Å². The van der Waals surface area contributed by atoms with Crippen LogP contribution in [-0.4, -0.2) is 31.3 Å². The zero-order valence-corrected chi connectivity index (χ0v) is 13.7. The van der Waals surface area contributed by atoms with Gasteiger partial charge in [-0.25, -0.2) is 8.78 Å². The van der Waals surface area contributed by atoms with Crippen LogP contribution in [0.3, 0.4) is 0 Å². The summed E-state index contributed by atoms with van der Waals surface area (Å²) >= 11 is 0. The van der Waals surface area contributed by atoms with Gasteiger partial charge in [-0.05, 0) is 49.4 Å². The lowest BCUT2D eigenvalue weighted by Gasteiger charge is -2.30. The highest BCUT2D eigenvalue weighted by atomic mass is 19.1. The van der Waals surface area contributed by atoms with Crippen LogP contribution in [0, 0.1) is 17.6 Å². The maximum absolute atomic E-state index is 15.0. The maximum Gasteiger partial charge on any atom is 0.311 e. The number of carboxylic acid groups (broad SMARTS) is 1. The summed E-state index contributed by atoms with van der Waals surface area (Å²) in [6.07, 6.45) is 1.21. The molecule has 2 N–H and O–H groups in total. The summed E-state index contributed by atoms with van der Waals surface area (Å²) in [5.74, 6) is -4.43. The van der Waals surface area contributed by atoms with E-state index in [1.807, 2.05) is 0 Å². The third kappa shape index (κ3) is 3.47. The Bertz CT molecular complexity index is 584. The van der Waals surface area contributed by atoms with Crippen LogP contribution in [0.25, 0.3) is 0 Å². The first kappa shape index (κ1) is 17.7. The number of nitrogens with one attached hydrogen (secondary N) is 1. The number of methoxy groups -OCH3 is 1. The lowest BCUT2D eigenvalue weighted by Crippen LogP contribution is -2.34. The van der Waals surface area contributed by atoms with Gasteiger partial charge in [-0.1, -0.05) is 13.8 Å². The number of rotatable bonds is 5. The summed E-state index contributed by atoms with van der Waals surface area (Å²) in [6, 6.07) is 1.10. The molecule has 0 radical (unpaired) electrons. The summed E-state index contributed by atoms with van der Waals surface area (Å²) in [7, 11) is 1.23. The maximum atomic E-state index is 15.0. The van der Waals surface area contributed by atoms with E-state index < -0.39 is 23.5 Å². The van der Waals surface area contributed by atoms with Gasteiger partial charge in [0.1, 0.15) is 5.82 Å². The largest absolute Gasteiger partial charge is 0.493 e. The lowest BCUT2D eigenvalue weighted by molar-refractivity contribution is -0.140. The van der Waals surface area contributed by atoms with E-state index in [4.69, 9.17) is 4.74 Å². The van der Waals surface area contributed by atoms with Crippen molar-refractivity contribution >= 4 is 5.97 Å². The van der Waals surface area contributed by atoms with Crippen LogP contribution in [0.5, 0.6) is 5.75 Å². The summed E-state index contributed by atoms with van der Waals surface area (Å²) in [5, 5.41) is 12.8. The predicted octanol–water partition coefficient (Wildman–Crippen LogP) is 3.26. The average molecular weight is 327 g/mol. The number of benzene rings is 1. The molecule has 0 amide bonds. The van der Waals surface area contributed by atoms with Crippen molar-refractivity contribution in [3.63, 3.8) is 0 Å². The topological polar surface area (TPSA) is 58.6 Å². The van der Waals surface area contributed by atoms with Crippen molar-refractivity contribution in [2.24, 2.45) is 5.92 Å². The minimum absolute atomic E-state index is 0.157. The highest BCUT2D eigenvalue weighted by molar-refractivity contribution is 5.78. The molecule has 1 heterocycles. The fourth-order valence-electron chi connectivity index (χ4n) is 3.29. The highest BCUT2D eigenvalue weighted by Gasteiger charge is 2.37. The molecule has 23 heavy (non-hydrogen) atoms. The summed E-state index contributed by atoms with van der Waals surface area (Å²) < 4.78 is 34.4.